The molecule has 0 atom stereocenters. The normalized spacial score (nSPS) is 17.0. The molecule has 0 N–H and O–H groups in total. The summed E-state index contributed by atoms with van der Waals surface area (Å²) < 4.78 is 13.7. The van der Waals surface area contributed by atoms with Crippen molar-refractivity contribution in [1.29, 1.82) is 0 Å². The maximum absolute atomic E-state index is 13.7. The first-order valence-corrected chi connectivity index (χ1v) is 8.54. The molecule has 2 aromatic rings. The monoisotopic (exact) mass is 325 g/mol. The zero-order chi connectivity index (χ0) is 16.5. The third kappa shape index (κ3) is 2.64. The van der Waals surface area contributed by atoms with Crippen LogP contribution in [0, 0.1) is 5.82 Å². The van der Waals surface area contributed by atoms with Crippen molar-refractivity contribution in [1.82, 2.24) is 4.98 Å². The van der Waals surface area contributed by atoms with Gasteiger partial charge in [0.25, 0.3) is 5.91 Å². The highest BCUT2D eigenvalue weighted by Crippen LogP contribution is 2.31. The average Bonchev–Trinajstić information content (AvgIpc) is 3.15. The van der Waals surface area contributed by atoms with Crippen molar-refractivity contribution >= 4 is 17.4 Å². The molecule has 1 amide bonds. The molecule has 1 aromatic heterocycles. The maximum Gasteiger partial charge on any atom is 0.262 e. The van der Waals surface area contributed by atoms with Gasteiger partial charge in [-0.05, 0) is 55.5 Å². The minimum absolute atomic E-state index is 0.0865. The summed E-state index contributed by atoms with van der Waals surface area (Å²) in [7, 11) is 0. The van der Waals surface area contributed by atoms with Crippen LogP contribution in [-0.4, -0.2) is 30.5 Å². The van der Waals surface area contributed by atoms with Crippen LogP contribution in [0.15, 0.2) is 36.5 Å². The van der Waals surface area contributed by atoms with Gasteiger partial charge in [-0.1, -0.05) is 6.07 Å². The number of hydrogen-bond donors (Lipinski definition) is 0. The van der Waals surface area contributed by atoms with Crippen LogP contribution in [0.1, 0.15) is 35.2 Å². The summed E-state index contributed by atoms with van der Waals surface area (Å²) in [6, 6.07) is 8.35. The highest BCUT2D eigenvalue weighted by Gasteiger charge is 2.28. The summed E-state index contributed by atoms with van der Waals surface area (Å²) in [6.07, 6.45) is 5.76. The smallest absolute Gasteiger partial charge is 0.262 e. The Labute approximate surface area is 140 Å². The topological polar surface area (TPSA) is 36.4 Å². The lowest BCUT2D eigenvalue weighted by Crippen LogP contribution is -2.37. The van der Waals surface area contributed by atoms with E-state index in [-0.39, 0.29) is 11.7 Å². The summed E-state index contributed by atoms with van der Waals surface area (Å²) in [5.41, 5.74) is 2.33. The maximum atomic E-state index is 13.7. The number of amides is 1. The Bertz CT molecular complexity index is 771. The number of carbonyl (C=O) groups is 1. The number of carbonyl (C=O) groups excluding carboxylic acids is 1. The second-order valence-corrected chi connectivity index (χ2v) is 6.40. The number of nitrogens with zero attached hydrogens (tertiary/aromatic N) is 3. The van der Waals surface area contributed by atoms with Crippen molar-refractivity contribution in [2.45, 2.75) is 25.7 Å². The largest absolute Gasteiger partial charge is 0.356 e. The summed E-state index contributed by atoms with van der Waals surface area (Å²) in [5.74, 6) is 0.361. The lowest BCUT2D eigenvalue weighted by molar-refractivity contribution is 0.0985. The molecule has 4 rings (SSSR count). The predicted molar refractivity (Wildman–Crippen MR) is 92.1 cm³/mol. The van der Waals surface area contributed by atoms with Gasteiger partial charge in [0.15, 0.2) is 0 Å². The molecule has 2 aliphatic rings. The molecule has 2 aliphatic heterocycles. The number of aryl methyl sites for hydroxylation is 1. The Kier molecular flexibility index (Phi) is 3.92. The van der Waals surface area contributed by atoms with Crippen molar-refractivity contribution in [2.24, 2.45) is 0 Å². The number of anilines is 2. The van der Waals surface area contributed by atoms with Gasteiger partial charge in [-0.3, -0.25) is 4.79 Å². The van der Waals surface area contributed by atoms with E-state index in [1.807, 2.05) is 6.07 Å². The van der Waals surface area contributed by atoms with Crippen molar-refractivity contribution in [3.05, 3.63) is 53.5 Å². The standard InChI is InChI=1S/C19H20FN3O/c20-15-8-7-14-5-4-12-23(17(14)13-15)19(24)16-6-3-9-21-18(16)22-10-1-2-11-22/h3,6-9,13H,1-2,4-5,10-12H2. The molecule has 0 aliphatic carbocycles. The molecule has 5 heteroatoms. The Hall–Kier alpha value is -2.43. The highest BCUT2D eigenvalue weighted by molar-refractivity contribution is 6.09. The predicted octanol–water partition coefficient (Wildman–Crippen LogP) is 3.41. The van der Waals surface area contributed by atoms with Crippen molar-refractivity contribution in [3.8, 4) is 0 Å². The van der Waals surface area contributed by atoms with E-state index >= 15 is 0 Å². The van der Waals surface area contributed by atoms with Gasteiger partial charge in [-0.15, -0.1) is 0 Å². The molecule has 3 heterocycles. The van der Waals surface area contributed by atoms with E-state index in [4.69, 9.17) is 0 Å². The first-order chi connectivity index (χ1) is 11.7. The number of fused-ring (bicyclic) bond motifs is 1. The summed E-state index contributed by atoms with van der Waals surface area (Å²) >= 11 is 0. The van der Waals surface area contributed by atoms with E-state index in [0.29, 0.717) is 17.8 Å². The quantitative estimate of drug-likeness (QED) is 0.849. The number of rotatable bonds is 2. The molecular weight excluding hydrogens is 305 g/mol. The van der Waals surface area contributed by atoms with Crippen LogP contribution in [-0.2, 0) is 6.42 Å². The number of halogens is 1. The average molecular weight is 325 g/mol. The molecule has 0 saturated carbocycles. The SMILES string of the molecule is O=C(c1cccnc1N1CCCC1)N1CCCc2ccc(F)cc21. The third-order valence-corrected chi connectivity index (χ3v) is 4.83. The Morgan fingerprint density at radius 2 is 1.92 bits per heavy atom. The fraction of sp³-hybridized carbons (Fsp3) is 0.368. The molecule has 24 heavy (non-hydrogen) atoms. The van der Waals surface area contributed by atoms with Gasteiger partial charge in [-0.2, -0.15) is 0 Å². The zero-order valence-electron chi connectivity index (χ0n) is 13.5. The number of benzene rings is 1. The molecule has 0 spiro atoms. The van der Waals surface area contributed by atoms with Gasteiger partial charge < -0.3 is 9.80 Å². The minimum atomic E-state index is -0.306. The van der Waals surface area contributed by atoms with Gasteiger partial charge >= 0.3 is 0 Å². The number of pyridine rings is 1. The van der Waals surface area contributed by atoms with Gasteiger partial charge in [0.1, 0.15) is 11.6 Å². The zero-order valence-corrected chi connectivity index (χ0v) is 13.5. The van der Waals surface area contributed by atoms with Crippen LogP contribution in [0.25, 0.3) is 0 Å². The molecule has 4 nitrogen and oxygen atoms in total. The van der Waals surface area contributed by atoms with Gasteiger partial charge in [0.05, 0.1) is 11.3 Å². The fourth-order valence-electron chi connectivity index (χ4n) is 3.65. The van der Waals surface area contributed by atoms with Crippen LogP contribution >= 0.6 is 0 Å². The van der Waals surface area contributed by atoms with Crippen LogP contribution < -0.4 is 9.80 Å². The summed E-state index contributed by atoms with van der Waals surface area (Å²) in [4.78, 5) is 21.5. The Morgan fingerprint density at radius 3 is 2.75 bits per heavy atom. The Balaban J connectivity index is 1.72. The van der Waals surface area contributed by atoms with Crippen LogP contribution in [0.5, 0.6) is 0 Å². The lowest BCUT2D eigenvalue weighted by Gasteiger charge is -2.30. The van der Waals surface area contributed by atoms with E-state index in [1.54, 1.807) is 23.2 Å². The van der Waals surface area contributed by atoms with Crippen LogP contribution in [0.2, 0.25) is 0 Å². The van der Waals surface area contributed by atoms with Crippen LogP contribution in [0.3, 0.4) is 0 Å². The molecule has 124 valence electrons. The third-order valence-electron chi connectivity index (χ3n) is 4.83. The lowest BCUT2D eigenvalue weighted by atomic mass is 10.0. The first-order valence-electron chi connectivity index (χ1n) is 8.54. The number of hydrogen-bond acceptors (Lipinski definition) is 3. The molecule has 0 bridgehead atoms. The first kappa shape index (κ1) is 15.1. The Morgan fingerprint density at radius 1 is 1.08 bits per heavy atom. The van der Waals surface area contributed by atoms with Crippen molar-refractivity contribution in [2.75, 3.05) is 29.4 Å². The minimum Gasteiger partial charge on any atom is -0.356 e. The second kappa shape index (κ2) is 6.23. The van der Waals surface area contributed by atoms with Gasteiger partial charge in [-0.25, -0.2) is 9.37 Å². The van der Waals surface area contributed by atoms with Crippen molar-refractivity contribution < 1.29 is 9.18 Å². The fourth-order valence-corrected chi connectivity index (χ4v) is 3.65. The molecule has 0 radical (unpaired) electrons. The molecule has 1 saturated heterocycles. The molecule has 0 unspecified atom stereocenters. The van der Waals surface area contributed by atoms with E-state index in [9.17, 15) is 9.18 Å². The second-order valence-electron chi connectivity index (χ2n) is 6.40. The molecular formula is C19H20FN3O. The molecule has 1 aromatic carbocycles. The summed E-state index contributed by atoms with van der Waals surface area (Å²) in [5, 5.41) is 0. The van der Waals surface area contributed by atoms with E-state index in [1.165, 1.54) is 12.1 Å². The van der Waals surface area contributed by atoms with Crippen LogP contribution in [0.4, 0.5) is 15.9 Å². The van der Waals surface area contributed by atoms with E-state index in [2.05, 4.69) is 9.88 Å². The van der Waals surface area contributed by atoms with Gasteiger partial charge in [0, 0.05) is 25.8 Å². The van der Waals surface area contributed by atoms with Crippen molar-refractivity contribution in [3.63, 3.8) is 0 Å². The number of aromatic nitrogens is 1. The van der Waals surface area contributed by atoms with E-state index < -0.39 is 0 Å². The highest BCUT2D eigenvalue weighted by atomic mass is 19.1. The van der Waals surface area contributed by atoms with E-state index in [0.717, 1.165) is 50.2 Å². The molecule has 1 fully saturated rings. The summed E-state index contributed by atoms with van der Waals surface area (Å²) in [6.45, 7) is 2.48. The van der Waals surface area contributed by atoms with Gasteiger partial charge in [0.2, 0.25) is 0 Å².